The highest BCUT2D eigenvalue weighted by molar-refractivity contribution is 5.24. The average molecular weight is 210 g/mol. The zero-order valence-electron chi connectivity index (χ0n) is 9.36. The molecule has 1 aromatic rings. The van der Waals surface area contributed by atoms with E-state index in [-0.39, 0.29) is 5.69 Å². The number of aryl methyl sites for hydroxylation is 1. The van der Waals surface area contributed by atoms with E-state index < -0.39 is 0 Å². The molecule has 0 atom stereocenters. The van der Waals surface area contributed by atoms with Gasteiger partial charge in [0, 0.05) is 19.6 Å². The molecule has 0 saturated heterocycles. The predicted molar refractivity (Wildman–Crippen MR) is 59.1 cm³/mol. The van der Waals surface area contributed by atoms with Crippen molar-refractivity contribution < 1.29 is 0 Å². The van der Waals surface area contributed by atoms with Gasteiger partial charge in [-0.1, -0.05) is 12.8 Å². The van der Waals surface area contributed by atoms with Gasteiger partial charge < -0.3 is 5.32 Å². The molecule has 5 nitrogen and oxygen atoms in total. The first-order chi connectivity index (χ1) is 7.24. The van der Waals surface area contributed by atoms with E-state index >= 15 is 0 Å². The molecule has 84 valence electrons. The number of rotatable bonds is 3. The van der Waals surface area contributed by atoms with Crippen molar-refractivity contribution in [3.8, 4) is 0 Å². The second-order valence-electron chi connectivity index (χ2n) is 4.07. The van der Waals surface area contributed by atoms with Crippen LogP contribution in [0.3, 0.4) is 0 Å². The third kappa shape index (κ3) is 1.78. The first-order valence-electron chi connectivity index (χ1n) is 5.63. The minimum atomic E-state index is -0.00199. The number of nitrogens with one attached hydrogen (secondary N) is 1. The summed E-state index contributed by atoms with van der Waals surface area (Å²) in [6.07, 6.45) is 4.64. The van der Waals surface area contributed by atoms with Crippen LogP contribution in [-0.4, -0.2) is 20.9 Å². The van der Waals surface area contributed by atoms with E-state index in [4.69, 9.17) is 0 Å². The van der Waals surface area contributed by atoms with Crippen molar-refractivity contribution in [1.82, 2.24) is 14.3 Å². The van der Waals surface area contributed by atoms with E-state index in [1.54, 1.807) is 7.05 Å². The fraction of sp³-hybridized carbons (Fsp3) is 0.800. The van der Waals surface area contributed by atoms with Crippen LogP contribution in [0.25, 0.3) is 0 Å². The predicted octanol–water partition coefficient (Wildman–Crippen LogP) is 1.13. The lowest BCUT2D eigenvalue weighted by Crippen LogP contribution is -2.26. The molecule has 0 aliphatic heterocycles. The summed E-state index contributed by atoms with van der Waals surface area (Å²) in [6.45, 7) is 2.81. The van der Waals surface area contributed by atoms with Crippen molar-refractivity contribution in [2.24, 2.45) is 7.05 Å². The smallest absolute Gasteiger partial charge is 0.347 e. The maximum absolute atomic E-state index is 11.9. The van der Waals surface area contributed by atoms with Crippen molar-refractivity contribution in [3.05, 3.63) is 10.5 Å². The largest absolute Gasteiger partial charge is 0.355 e. The van der Waals surface area contributed by atoms with E-state index in [0.29, 0.717) is 6.04 Å². The fourth-order valence-electron chi connectivity index (χ4n) is 2.25. The summed E-state index contributed by atoms with van der Waals surface area (Å²) in [5.41, 5.74) is -0.00199. The molecule has 0 amide bonds. The lowest BCUT2D eigenvalue weighted by molar-refractivity contribution is 0.500. The van der Waals surface area contributed by atoms with Crippen LogP contribution < -0.4 is 11.0 Å². The topological polar surface area (TPSA) is 51.9 Å². The molecular weight excluding hydrogens is 192 g/mol. The van der Waals surface area contributed by atoms with Crippen LogP contribution in [0.5, 0.6) is 0 Å². The molecule has 15 heavy (non-hydrogen) atoms. The molecule has 1 saturated carbocycles. The molecule has 1 aliphatic rings. The number of anilines is 1. The van der Waals surface area contributed by atoms with Crippen molar-refractivity contribution in [3.63, 3.8) is 0 Å². The van der Waals surface area contributed by atoms with Gasteiger partial charge >= 0.3 is 5.69 Å². The molecular formula is C10H18N4O. The molecule has 0 radical (unpaired) electrons. The molecule has 0 aromatic carbocycles. The van der Waals surface area contributed by atoms with Gasteiger partial charge in [-0.3, -0.25) is 4.57 Å². The average Bonchev–Trinajstić information content (AvgIpc) is 2.78. The lowest BCUT2D eigenvalue weighted by atomic mass is 10.2. The van der Waals surface area contributed by atoms with Gasteiger partial charge in [-0.15, -0.1) is 5.10 Å². The van der Waals surface area contributed by atoms with Gasteiger partial charge in [-0.2, -0.15) is 0 Å². The Balaban J connectivity index is 2.37. The number of hydrogen-bond acceptors (Lipinski definition) is 3. The Labute approximate surface area is 89.1 Å². The molecule has 1 aromatic heterocycles. The Bertz CT molecular complexity index is 387. The highest BCUT2D eigenvalue weighted by Gasteiger charge is 2.23. The van der Waals surface area contributed by atoms with E-state index in [1.165, 1.54) is 17.5 Å². The van der Waals surface area contributed by atoms with Crippen molar-refractivity contribution in [2.75, 3.05) is 11.9 Å². The Morgan fingerprint density at radius 3 is 2.73 bits per heavy atom. The summed E-state index contributed by atoms with van der Waals surface area (Å²) in [5, 5.41) is 7.35. The van der Waals surface area contributed by atoms with E-state index in [2.05, 4.69) is 10.4 Å². The summed E-state index contributed by atoms with van der Waals surface area (Å²) in [4.78, 5) is 11.9. The lowest BCUT2D eigenvalue weighted by Gasteiger charge is -2.12. The van der Waals surface area contributed by atoms with E-state index in [1.807, 2.05) is 11.5 Å². The Hall–Kier alpha value is -1.26. The second kappa shape index (κ2) is 4.08. The number of aromatic nitrogens is 3. The first-order valence-corrected chi connectivity index (χ1v) is 5.63. The molecule has 0 unspecified atom stereocenters. The molecule has 1 aliphatic carbocycles. The maximum Gasteiger partial charge on any atom is 0.347 e. The summed E-state index contributed by atoms with van der Waals surface area (Å²) in [6, 6.07) is 0.347. The van der Waals surface area contributed by atoms with Crippen molar-refractivity contribution in [1.29, 1.82) is 0 Å². The third-order valence-electron chi connectivity index (χ3n) is 2.98. The van der Waals surface area contributed by atoms with Crippen LogP contribution in [0, 0.1) is 0 Å². The second-order valence-corrected chi connectivity index (χ2v) is 4.07. The summed E-state index contributed by atoms with van der Waals surface area (Å²) >= 11 is 0. The van der Waals surface area contributed by atoms with E-state index in [0.717, 1.165) is 25.3 Å². The van der Waals surface area contributed by atoms with Gasteiger partial charge in [-0.25, -0.2) is 9.48 Å². The van der Waals surface area contributed by atoms with Gasteiger partial charge in [0.2, 0.25) is 5.95 Å². The minimum absolute atomic E-state index is 0.00199. The van der Waals surface area contributed by atoms with Gasteiger partial charge in [0.05, 0.1) is 0 Å². The normalized spacial score (nSPS) is 17.2. The van der Waals surface area contributed by atoms with Gasteiger partial charge in [0.1, 0.15) is 0 Å². The fourth-order valence-corrected chi connectivity index (χ4v) is 2.25. The van der Waals surface area contributed by atoms with Crippen LogP contribution in [0.2, 0.25) is 0 Å². The Morgan fingerprint density at radius 2 is 2.13 bits per heavy atom. The first kappa shape index (κ1) is 10.3. The highest BCUT2D eigenvalue weighted by Crippen LogP contribution is 2.29. The number of nitrogens with zero attached hydrogens (tertiary/aromatic N) is 3. The third-order valence-corrected chi connectivity index (χ3v) is 2.98. The van der Waals surface area contributed by atoms with Crippen LogP contribution in [0.4, 0.5) is 5.95 Å². The monoisotopic (exact) mass is 210 g/mol. The minimum Gasteiger partial charge on any atom is -0.355 e. The van der Waals surface area contributed by atoms with Crippen LogP contribution in [0.1, 0.15) is 38.6 Å². The molecule has 2 rings (SSSR count). The Kier molecular flexibility index (Phi) is 2.79. The van der Waals surface area contributed by atoms with Crippen molar-refractivity contribution >= 4 is 5.95 Å². The zero-order chi connectivity index (χ0) is 10.8. The van der Waals surface area contributed by atoms with Gasteiger partial charge in [-0.05, 0) is 19.8 Å². The molecule has 0 spiro atoms. The molecule has 1 N–H and O–H groups in total. The summed E-state index contributed by atoms with van der Waals surface area (Å²) < 4.78 is 3.23. The standard InChI is InChI=1S/C10H18N4O/c1-3-11-9-12-13(2)10(15)14(9)8-6-4-5-7-8/h8H,3-7H2,1-2H3,(H,11,12). The summed E-state index contributed by atoms with van der Waals surface area (Å²) in [7, 11) is 1.70. The zero-order valence-corrected chi connectivity index (χ0v) is 9.36. The van der Waals surface area contributed by atoms with Crippen LogP contribution in [0.15, 0.2) is 4.79 Å². The van der Waals surface area contributed by atoms with Gasteiger partial charge in [0.15, 0.2) is 0 Å². The quantitative estimate of drug-likeness (QED) is 0.813. The SMILES string of the molecule is CCNc1nn(C)c(=O)n1C1CCCC1. The van der Waals surface area contributed by atoms with Gasteiger partial charge in [0.25, 0.3) is 0 Å². The number of hydrogen-bond donors (Lipinski definition) is 1. The van der Waals surface area contributed by atoms with Crippen LogP contribution in [-0.2, 0) is 7.05 Å². The Morgan fingerprint density at radius 1 is 1.47 bits per heavy atom. The highest BCUT2D eigenvalue weighted by atomic mass is 16.2. The summed E-state index contributed by atoms with van der Waals surface area (Å²) in [5.74, 6) is 0.719. The van der Waals surface area contributed by atoms with Crippen LogP contribution >= 0.6 is 0 Å². The molecule has 0 bridgehead atoms. The molecule has 1 heterocycles. The molecule has 1 fully saturated rings. The maximum atomic E-state index is 11.9. The van der Waals surface area contributed by atoms with E-state index in [9.17, 15) is 4.79 Å². The molecule has 5 heteroatoms. The van der Waals surface area contributed by atoms with Crippen molar-refractivity contribution in [2.45, 2.75) is 38.6 Å².